The third kappa shape index (κ3) is 2.03. The van der Waals surface area contributed by atoms with Crippen LogP contribution in [0, 0.1) is 0 Å². The molecule has 0 aliphatic heterocycles. The molecule has 96 valence electrons. The summed E-state index contributed by atoms with van der Waals surface area (Å²) < 4.78 is 39.4. The van der Waals surface area contributed by atoms with Crippen LogP contribution in [0.15, 0.2) is 42.7 Å². The third-order valence-corrected chi connectivity index (χ3v) is 2.67. The van der Waals surface area contributed by atoms with Gasteiger partial charge in [0.1, 0.15) is 5.52 Å². The standard InChI is InChI=1S/C12H7F3N4/c13-12(14,15)8-2-1-3-9(6-8)19-11-4-5-16-7-10(11)17-18-19/h1-7H. The number of fused-ring (bicyclic) bond motifs is 1. The topological polar surface area (TPSA) is 43.6 Å². The smallest absolute Gasteiger partial charge is 0.262 e. The number of nitrogens with zero attached hydrogens (tertiary/aromatic N) is 4. The van der Waals surface area contributed by atoms with Crippen molar-refractivity contribution in [1.29, 1.82) is 0 Å². The zero-order chi connectivity index (χ0) is 13.5. The largest absolute Gasteiger partial charge is 0.416 e. The summed E-state index contributed by atoms with van der Waals surface area (Å²) >= 11 is 0. The van der Waals surface area contributed by atoms with Gasteiger partial charge < -0.3 is 0 Å². The minimum absolute atomic E-state index is 0.309. The van der Waals surface area contributed by atoms with Gasteiger partial charge in [-0.1, -0.05) is 11.3 Å². The molecule has 0 N–H and O–H groups in total. The molecule has 2 heterocycles. The second kappa shape index (κ2) is 4.04. The average Bonchev–Trinajstić information content (AvgIpc) is 2.82. The van der Waals surface area contributed by atoms with Gasteiger partial charge in [-0.3, -0.25) is 4.98 Å². The van der Waals surface area contributed by atoms with Gasteiger partial charge in [-0.15, -0.1) is 5.10 Å². The quantitative estimate of drug-likeness (QED) is 0.678. The number of halogens is 3. The number of hydrogen-bond donors (Lipinski definition) is 0. The summed E-state index contributed by atoms with van der Waals surface area (Å²) in [7, 11) is 0. The average molecular weight is 264 g/mol. The van der Waals surface area contributed by atoms with Gasteiger partial charge >= 0.3 is 6.18 Å². The highest BCUT2D eigenvalue weighted by atomic mass is 19.4. The van der Waals surface area contributed by atoms with Crippen LogP contribution in [0.3, 0.4) is 0 Å². The van der Waals surface area contributed by atoms with Crippen molar-refractivity contribution in [1.82, 2.24) is 20.0 Å². The highest BCUT2D eigenvalue weighted by molar-refractivity contribution is 5.74. The molecule has 0 unspecified atom stereocenters. The molecule has 4 nitrogen and oxygen atoms in total. The van der Waals surface area contributed by atoms with Gasteiger partial charge in [0.25, 0.3) is 0 Å². The Morgan fingerprint density at radius 2 is 1.95 bits per heavy atom. The van der Waals surface area contributed by atoms with Crippen molar-refractivity contribution >= 4 is 11.0 Å². The van der Waals surface area contributed by atoms with Crippen LogP contribution in [0.2, 0.25) is 0 Å². The molecule has 1 aromatic carbocycles. The van der Waals surface area contributed by atoms with Gasteiger partial charge in [-0.25, -0.2) is 4.68 Å². The molecular formula is C12H7F3N4. The van der Waals surface area contributed by atoms with Gasteiger partial charge in [0.15, 0.2) is 0 Å². The van der Waals surface area contributed by atoms with E-state index in [-0.39, 0.29) is 0 Å². The van der Waals surface area contributed by atoms with E-state index >= 15 is 0 Å². The van der Waals surface area contributed by atoms with Crippen molar-refractivity contribution < 1.29 is 13.2 Å². The van der Waals surface area contributed by atoms with Crippen LogP contribution in [0.25, 0.3) is 16.7 Å². The van der Waals surface area contributed by atoms with E-state index in [0.29, 0.717) is 16.7 Å². The molecule has 2 aromatic heterocycles. The fourth-order valence-corrected chi connectivity index (χ4v) is 1.78. The summed E-state index contributed by atoms with van der Waals surface area (Å²) in [6, 6.07) is 6.59. The fourth-order valence-electron chi connectivity index (χ4n) is 1.78. The van der Waals surface area contributed by atoms with E-state index in [0.717, 1.165) is 12.1 Å². The van der Waals surface area contributed by atoms with Gasteiger partial charge in [0.2, 0.25) is 0 Å². The summed E-state index contributed by atoms with van der Waals surface area (Å²) in [5.41, 5.74) is 0.723. The first-order chi connectivity index (χ1) is 9.05. The molecule has 0 saturated heterocycles. The number of rotatable bonds is 1. The van der Waals surface area contributed by atoms with Gasteiger partial charge in [-0.2, -0.15) is 13.2 Å². The van der Waals surface area contributed by atoms with Crippen LogP contribution >= 0.6 is 0 Å². The van der Waals surface area contributed by atoms with Crippen LogP contribution in [-0.2, 0) is 6.18 Å². The normalized spacial score (nSPS) is 11.9. The Labute approximate surface area is 105 Å². The molecule has 7 heteroatoms. The number of benzene rings is 1. The van der Waals surface area contributed by atoms with E-state index in [4.69, 9.17) is 0 Å². The van der Waals surface area contributed by atoms with Crippen molar-refractivity contribution in [3.8, 4) is 5.69 Å². The maximum absolute atomic E-state index is 12.7. The first-order valence-corrected chi connectivity index (χ1v) is 5.39. The van der Waals surface area contributed by atoms with E-state index in [1.54, 1.807) is 12.1 Å². The van der Waals surface area contributed by atoms with Crippen LogP contribution < -0.4 is 0 Å². The van der Waals surface area contributed by atoms with E-state index in [1.165, 1.54) is 23.1 Å². The maximum atomic E-state index is 12.7. The molecule has 0 fully saturated rings. The minimum Gasteiger partial charge on any atom is -0.262 e. The Kier molecular flexibility index (Phi) is 2.48. The molecule has 0 amide bonds. The molecule has 0 radical (unpaired) electrons. The molecule has 0 aliphatic rings. The number of hydrogen-bond acceptors (Lipinski definition) is 3. The highest BCUT2D eigenvalue weighted by Crippen LogP contribution is 2.30. The van der Waals surface area contributed by atoms with Crippen LogP contribution in [0.5, 0.6) is 0 Å². The first-order valence-electron chi connectivity index (χ1n) is 5.39. The summed E-state index contributed by atoms with van der Waals surface area (Å²) in [5, 5.41) is 7.70. The summed E-state index contributed by atoms with van der Waals surface area (Å²) in [6.07, 6.45) is -1.34. The first kappa shape index (κ1) is 11.6. The minimum atomic E-state index is -4.38. The molecule has 0 saturated carbocycles. The molecular weight excluding hydrogens is 257 g/mol. The summed E-state index contributed by atoms with van der Waals surface area (Å²) in [5.74, 6) is 0. The van der Waals surface area contributed by atoms with Crippen LogP contribution in [0.1, 0.15) is 5.56 Å². The Balaban J connectivity index is 2.17. The van der Waals surface area contributed by atoms with Crippen LogP contribution in [-0.4, -0.2) is 20.0 Å². The van der Waals surface area contributed by atoms with Crippen molar-refractivity contribution in [3.05, 3.63) is 48.3 Å². The van der Waals surface area contributed by atoms with Gasteiger partial charge in [-0.05, 0) is 24.3 Å². The predicted octanol–water partition coefficient (Wildman–Crippen LogP) is 2.83. The zero-order valence-electron chi connectivity index (χ0n) is 9.46. The lowest BCUT2D eigenvalue weighted by atomic mass is 10.2. The monoisotopic (exact) mass is 264 g/mol. The highest BCUT2D eigenvalue weighted by Gasteiger charge is 2.30. The Morgan fingerprint density at radius 1 is 1.11 bits per heavy atom. The third-order valence-electron chi connectivity index (χ3n) is 2.67. The number of alkyl halides is 3. The predicted molar refractivity (Wildman–Crippen MR) is 61.7 cm³/mol. The zero-order valence-corrected chi connectivity index (χ0v) is 9.46. The van der Waals surface area contributed by atoms with Crippen LogP contribution in [0.4, 0.5) is 13.2 Å². The van der Waals surface area contributed by atoms with E-state index in [2.05, 4.69) is 15.3 Å². The van der Waals surface area contributed by atoms with Crippen molar-refractivity contribution in [2.45, 2.75) is 6.18 Å². The molecule has 0 bridgehead atoms. The molecule has 0 atom stereocenters. The molecule has 3 aromatic rings. The summed E-state index contributed by atoms with van der Waals surface area (Å²) in [6.45, 7) is 0. The molecule has 0 aliphatic carbocycles. The SMILES string of the molecule is FC(F)(F)c1cccc(-n2nnc3cnccc32)c1. The van der Waals surface area contributed by atoms with Gasteiger partial charge in [0.05, 0.1) is 23.0 Å². The lowest BCUT2D eigenvalue weighted by molar-refractivity contribution is -0.137. The second-order valence-electron chi connectivity index (χ2n) is 3.91. The van der Waals surface area contributed by atoms with Gasteiger partial charge in [0, 0.05) is 6.20 Å². The Morgan fingerprint density at radius 3 is 2.74 bits per heavy atom. The maximum Gasteiger partial charge on any atom is 0.416 e. The Bertz CT molecular complexity index is 733. The van der Waals surface area contributed by atoms with Crippen molar-refractivity contribution in [2.24, 2.45) is 0 Å². The fraction of sp³-hybridized carbons (Fsp3) is 0.0833. The lowest BCUT2D eigenvalue weighted by Gasteiger charge is -2.08. The number of pyridine rings is 1. The number of aromatic nitrogens is 4. The van der Waals surface area contributed by atoms with Crippen molar-refractivity contribution in [3.63, 3.8) is 0 Å². The Hall–Kier alpha value is -2.44. The lowest BCUT2D eigenvalue weighted by Crippen LogP contribution is -2.06. The van der Waals surface area contributed by atoms with Crippen molar-refractivity contribution in [2.75, 3.05) is 0 Å². The molecule has 19 heavy (non-hydrogen) atoms. The van der Waals surface area contributed by atoms with E-state index < -0.39 is 11.7 Å². The van der Waals surface area contributed by atoms with E-state index in [1.807, 2.05) is 0 Å². The summed E-state index contributed by atoms with van der Waals surface area (Å²) in [4.78, 5) is 3.88. The van der Waals surface area contributed by atoms with E-state index in [9.17, 15) is 13.2 Å². The molecule has 0 spiro atoms. The second-order valence-corrected chi connectivity index (χ2v) is 3.91. The molecule has 3 rings (SSSR count).